The molecule has 5 fully saturated rings. The number of rotatable bonds is 17. The van der Waals surface area contributed by atoms with E-state index >= 15 is 0 Å². The summed E-state index contributed by atoms with van der Waals surface area (Å²) in [6, 6.07) is -3.40. The van der Waals surface area contributed by atoms with E-state index in [9.17, 15) is 96.1 Å². The summed E-state index contributed by atoms with van der Waals surface area (Å²) in [7, 11) is 0. The van der Waals surface area contributed by atoms with Crippen LogP contribution in [-0.2, 0) is 57.0 Å². The Morgan fingerprint density at radius 2 is 1.13 bits per heavy atom. The van der Waals surface area contributed by atoms with Gasteiger partial charge in [-0.25, -0.2) is 4.79 Å². The Morgan fingerprint density at radius 3 is 1.70 bits per heavy atom. The zero-order valence-corrected chi connectivity index (χ0v) is 36.0. The number of carbonyl (C=O) groups is 3. The second-order valence-corrected chi connectivity index (χ2v) is 16.9. The highest BCUT2D eigenvalue weighted by Crippen LogP contribution is 2.38. The molecule has 18 N–H and O–H groups in total. The molecule has 0 bridgehead atoms. The van der Waals surface area contributed by atoms with E-state index in [0.29, 0.717) is 0 Å². The first-order valence-electron chi connectivity index (χ1n) is 21.1. The number of ether oxygens (including phenoxy) is 9. The van der Waals surface area contributed by atoms with Crippen LogP contribution < -0.4 is 10.6 Å². The SMILES string of the molecule is CC(=O)N[C@@H]1[C@@H](O[C@@H]2O[C@H](CO)[C@H](O)[C@H](O[C@H]3O[C@H](CO)[C@H](O)[C@H](O)[C@H]3O)[C@H]2O[C@@H]2O[C@@H](C)[C@@H](O)[C@@H](O)[C@@H]2O)[C@@H](O)[C@@H](CO[C@]2(C(=O)O)C[C@H](O)[C@@H](NC(C)=O)[C@H]([C@H](O)[C@H](O)CO)O2)O[C@@H]1O. The fourth-order valence-electron chi connectivity index (χ4n) is 8.34. The van der Waals surface area contributed by atoms with Crippen molar-refractivity contribution in [2.45, 2.75) is 186 Å². The molecule has 2 amide bonds. The number of amides is 2. The van der Waals surface area contributed by atoms with Gasteiger partial charge in [0.2, 0.25) is 11.8 Å². The Bertz CT molecular complexity index is 1640. The minimum atomic E-state index is -2.99. The molecule has 5 aliphatic rings. The van der Waals surface area contributed by atoms with Crippen molar-refractivity contribution in [1.29, 1.82) is 0 Å². The maximum atomic E-state index is 12.8. The highest BCUT2D eigenvalue weighted by molar-refractivity contribution is 5.76. The minimum absolute atomic E-state index is 0.783. The molecule has 0 saturated carbocycles. The van der Waals surface area contributed by atoms with Gasteiger partial charge in [-0.3, -0.25) is 9.59 Å². The van der Waals surface area contributed by atoms with Crippen LogP contribution in [0.25, 0.3) is 0 Å². The molecule has 0 aliphatic carbocycles. The van der Waals surface area contributed by atoms with Crippen LogP contribution in [0.3, 0.4) is 0 Å². The molecule has 5 saturated heterocycles. The first kappa shape index (κ1) is 55.4. The number of nitrogens with one attached hydrogen (secondary N) is 2. The Balaban J connectivity index is 1.50. The molecule has 5 heterocycles. The summed E-state index contributed by atoms with van der Waals surface area (Å²) in [6.45, 7) is -0.928. The Hall–Kier alpha value is -2.55. The summed E-state index contributed by atoms with van der Waals surface area (Å²) in [6.07, 6.45) is -46.1. The van der Waals surface area contributed by atoms with Crippen LogP contribution in [0.5, 0.6) is 0 Å². The van der Waals surface area contributed by atoms with Gasteiger partial charge in [0.1, 0.15) is 110 Å². The highest BCUT2D eigenvalue weighted by Gasteiger charge is 2.59. The van der Waals surface area contributed by atoms with Gasteiger partial charge >= 0.3 is 5.97 Å². The number of aliphatic hydroxyl groups is 15. The average Bonchev–Trinajstić information content (AvgIpc) is 3.28. The molecule has 0 spiro atoms. The molecule has 0 unspecified atom stereocenters. The molecule has 5 rings (SSSR count). The monoisotopic (exact) mass is 982 g/mol. The molecular weight excluding hydrogens is 920 g/mol. The topological polar surface area (TPSA) is 482 Å². The zero-order valence-electron chi connectivity index (χ0n) is 36.0. The molecule has 388 valence electrons. The van der Waals surface area contributed by atoms with E-state index in [-0.39, 0.29) is 0 Å². The number of carbonyl (C=O) groups excluding carboxylic acids is 2. The summed E-state index contributed by atoms with van der Waals surface area (Å²) in [5, 5.41) is 175. The maximum Gasteiger partial charge on any atom is 0.364 e. The lowest BCUT2D eigenvalue weighted by atomic mass is 9.88. The van der Waals surface area contributed by atoms with Crippen molar-refractivity contribution in [3.63, 3.8) is 0 Å². The van der Waals surface area contributed by atoms with Gasteiger partial charge in [0.05, 0.1) is 44.7 Å². The second-order valence-electron chi connectivity index (χ2n) is 16.9. The molecule has 0 aromatic rings. The summed E-state index contributed by atoms with van der Waals surface area (Å²) < 4.78 is 51.5. The summed E-state index contributed by atoms with van der Waals surface area (Å²) in [4.78, 5) is 37.3. The van der Waals surface area contributed by atoms with Crippen LogP contribution in [0.4, 0.5) is 0 Å². The number of carboxylic acid groups (broad SMARTS) is 1. The van der Waals surface area contributed by atoms with Crippen molar-refractivity contribution >= 4 is 17.8 Å². The first-order valence-corrected chi connectivity index (χ1v) is 21.1. The quantitative estimate of drug-likeness (QED) is 0.0643. The van der Waals surface area contributed by atoms with E-state index in [1.165, 1.54) is 6.92 Å². The number of aliphatic hydroxyl groups excluding tert-OH is 15. The third-order valence-electron chi connectivity index (χ3n) is 12.1. The van der Waals surface area contributed by atoms with Gasteiger partial charge in [0, 0.05) is 20.3 Å². The van der Waals surface area contributed by atoms with Crippen LogP contribution in [0, 0.1) is 0 Å². The van der Waals surface area contributed by atoms with Crippen LogP contribution in [0.1, 0.15) is 27.2 Å². The Kier molecular flexibility index (Phi) is 19.1. The van der Waals surface area contributed by atoms with Gasteiger partial charge in [-0.2, -0.15) is 0 Å². The fourth-order valence-corrected chi connectivity index (χ4v) is 8.34. The van der Waals surface area contributed by atoms with E-state index in [0.717, 1.165) is 13.8 Å². The van der Waals surface area contributed by atoms with Crippen molar-refractivity contribution in [2.75, 3.05) is 26.4 Å². The Morgan fingerprint density at radius 1 is 0.627 bits per heavy atom. The van der Waals surface area contributed by atoms with Crippen molar-refractivity contribution in [3.05, 3.63) is 0 Å². The minimum Gasteiger partial charge on any atom is -0.477 e. The molecule has 26 atom stereocenters. The number of hydrogen-bond acceptors (Lipinski definition) is 27. The van der Waals surface area contributed by atoms with Gasteiger partial charge < -0.3 is 135 Å². The molecule has 5 aliphatic heterocycles. The first-order chi connectivity index (χ1) is 31.4. The molecule has 30 heteroatoms. The smallest absolute Gasteiger partial charge is 0.364 e. The van der Waals surface area contributed by atoms with Gasteiger partial charge in [-0.05, 0) is 6.92 Å². The van der Waals surface area contributed by atoms with Crippen LogP contribution in [0.15, 0.2) is 0 Å². The molecule has 0 aromatic carbocycles. The average molecular weight is 983 g/mol. The molecule has 67 heavy (non-hydrogen) atoms. The van der Waals surface area contributed by atoms with Gasteiger partial charge in [0.15, 0.2) is 25.2 Å². The van der Waals surface area contributed by atoms with Gasteiger partial charge in [-0.15, -0.1) is 0 Å². The third kappa shape index (κ3) is 12.0. The lowest BCUT2D eigenvalue weighted by Crippen LogP contribution is -2.70. The summed E-state index contributed by atoms with van der Waals surface area (Å²) in [5.74, 6) is -6.61. The maximum absolute atomic E-state index is 12.8. The molecule has 0 radical (unpaired) electrons. The van der Waals surface area contributed by atoms with Crippen molar-refractivity contribution < 1.29 is 139 Å². The molecule has 0 aromatic heterocycles. The highest BCUT2D eigenvalue weighted by atomic mass is 16.8. The van der Waals surface area contributed by atoms with E-state index in [4.69, 9.17) is 42.6 Å². The van der Waals surface area contributed by atoms with Crippen molar-refractivity contribution in [3.8, 4) is 0 Å². The van der Waals surface area contributed by atoms with Crippen LogP contribution >= 0.6 is 0 Å². The zero-order chi connectivity index (χ0) is 50.0. The largest absolute Gasteiger partial charge is 0.477 e. The van der Waals surface area contributed by atoms with E-state index in [2.05, 4.69) is 10.6 Å². The predicted octanol–water partition coefficient (Wildman–Crippen LogP) is -11.4. The Labute approximate surface area is 379 Å². The van der Waals surface area contributed by atoms with Gasteiger partial charge in [-0.1, -0.05) is 0 Å². The van der Waals surface area contributed by atoms with E-state index < -0.39 is 210 Å². The third-order valence-corrected chi connectivity index (χ3v) is 12.1. The van der Waals surface area contributed by atoms with Crippen molar-refractivity contribution in [1.82, 2.24) is 10.6 Å². The fraction of sp³-hybridized carbons (Fsp3) is 0.919. The molecule has 30 nitrogen and oxygen atoms in total. The second kappa shape index (κ2) is 23.1. The van der Waals surface area contributed by atoms with Crippen LogP contribution in [0.2, 0.25) is 0 Å². The van der Waals surface area contributed by atoms with E-state index in [1.807, 2.05) is 0 Å². The normalized spacial score (nSPS) is 47.1. The summed E-state index contributed by atoms with van der Waals surface area (Å²) >= 11 is 0. The number of aliphatic carboxylic acids is 1. The summed E-state index contributed by atoms with van der Waals surface area (Å²) in [5.41, 5.74) is 0. The van der Waals surface area contributed by atoms with Crippen molar-refractivity contribution in [2.24, 2.45) is 0 Å². The van der Waals surface area contributed by atoms with E-state index in [1.54, 1.807) is 0 Å². The number of carboxylic acids is 1. The number of hydrogen-bond donors (Lipinski definition) is 18. The standard InChI is InChI=1S/C37H62N2O28/c1-9-19(47)24(52)26(54)33(60-9)66-31-30(65-34-27(55)25(53)21(49)14(6-41)62-34)22(50)15(7-42)63-35(31)64-28-18(39-11(3)44)32(56)61-16(23(28)51)8-59-37(36(57)58)4-12(45)17(38-10(2)43)29(67-37)20(48)13(46)5-40/h9,12-35,40-42,45-56H,4-8H2,1-3H3,(H,38,43)(H,39,44)(H,57,58)/t9-,12-,13+,14+,15+,16+,17+,18+,19+,20+,21-,22-,23-,24+,25-,26-,27+,28+,29+,30-,31+,32-,33-,34+,35-,37+/m0/s1. The van der Waals surface area contributed by atoms with Gasteiger partial charge in [0.25, 0.3) is 5.79 Å². The molecular formula is C37H62N2O28. The predicted molar refractivity (Wildman–Crippen MR) is 206 cm³/mol. The van der Waals surface area contributed by atoms with Crippen LogP contribution in [-0.4, -0.2) is 285 Å². The lowest BCUT2D eigenvalue weighted by Gasteiger charge is -2.51. The lowest BCUT2D eigenvalue weighted by molar-refractivity contribution is -0.401.